The zero-order valence-electron chi connectivity index (χ0n) is 18.9. The molecule has 1 aliphatic heterocycles. The molecule has 0 aliphatic carbocycles. The van der Waals surface area contributed by atoms with Crippen molar-refractivity contribution in [3.63, 3.8) is 0 Å². The number of thioether (sulfide) groups is 1. The Hall–Kier alpha value is -2.56. The van der Waals surface area contributed by atoms with Gasteiger partial charge in [0.25, 0.3) is 0 Å². The standard InChI is InChI=1S/C23H28N4O4S2/c1-15(18-12-16(29-2)8-9-19(18)30-3)24-21(28)14-33-23-26-25-22(20-7-5-11-32-20)27(23)13-17-6-4-10-31-17/h5,7-9,11-12,15,17H,4,6,10,13-14H2,1-3H3,(H,24,28). The van der Waals surface area contributed by atoms with Crippen LogP contribution in [0.3, 0.4) is 0 Å². The summed E-state index contributed by atoms with van der Waals surface area (Å²) in [6.45, 7) is 3.40. The molecular formula is C23H28N4O4S2. The number of thiophene rings is 1. The summed E-state index contributed by atoms with van der Waals surface area (Å²) in [5, 5.41) is 14.6. The Balaban J connectivity index is 1.44. The Bertz CT molecular complexity index is 1060. The second kappa shape index (κ2) is 11.0. The minimum absolute atomic E-state index is 0.0956. The van der Waals surface area contributed by atoms with Crippen LogP contribution >= 0.6 is 23.1 Å². The average molecular weight is 489 g/mol. The summed E-state index contributed by atoms with van der Waals surface area (Å²) in [5.41, 5.74) is 0.858. The molecule has 33 heavy (non-hydrogen) atoms. The monoisotopic (exact) mass is 488 g/mol. The van der Waals surface area contributed by atoms with Gasteiger partial charge >= 0.3 is 0 Å². The number of hydrogen-bond acceptors (Lipinski definition) is 8. The molecule has 1 saturated heterocycles. The number of nitrogens with one attached hydrogen (secondary N) is 1. The van der Waals surface area contributed by atoms with Gasteiger partial charge in [0.15, 0.2) is 11.0 Å². The Morgan fingerprint density at radius 2 is 2.21 bits per heavy atom. The van der Waals surface area contributed by atoms with E-state index in [0.717, 1.165) is 40.9 Å². The maximum atomic E-state index is 12.8. The van der Waals surface area contributed by atoms with Crippen molar-refractivity contribution in [2.75, 3.05) is 26.6 Å². The molecule has 1 aromatic carbocycles. The molecule has 0 bridgehead atoms. The van der Waals surface area contributed by atoms with Crippen molar-refractivity contribution in [3.8, 4) is 22.2 Å². The Labute approximate surface area is 201 Å². The fourth-order valence-electron chi connectivity index (χ4n) is 3.81. The summed E-state index contributed by atoms with van der Waals surface area (Å²) >= 11 is 3.01. The number of ether oxygens (including phenoxy) is 3. The number of carbonyl (C=O) groups excluding carboxylic acids is 1. The first kappa shape index (κ1) is 23.6. The first-order chi connectivity index (χ1) is 16.1. The van der Waals surface area contributed by atoms with Crippen LogP contribution in [-0.4, -0.2) is 53.4 Å². The van der Waals surface area contributed by atoms with Gasteiger partial charge in [-0.3, -0.25) is 9.36 Å². The molecule has 2 atom stereocenters. The molecule has 0 spiro atoms. The van der Waals surface area contributed by atoms with E-state index in [1.54, 1.807) is 25.6 Å². The van der Waals surface area contributed by atoms with E-state index in [1.807, 2.05) is 42.6 Å². The van der Waals surface area contributed by atoms with Crippen molar-refractivity contribution in [1.82, 2.24) is 20.1 Å². The van der Waals surface area contributed by atoms with Crippen molar-refractivity contribution >= 4 is 29.0 Å². The summed E-state index contributed by atoms with van der Waals surface area (Å²) in [7, 11) is 3.23. The van der Waals surface area contributed by atoms with Crippen LogP contribution < -0.4 is 14.8 Å². The van der Waals surface area contributed by atoms with Gasteiger partial charge in [0.2, 0.25) is 5.91 Å². The first-order valence-corrected chi connectivity index (χ1v) is 12.7. The van der Waals surface area contributed by atoms with Gasteiger partial charge in [0.05, 0.1) is 43.5 Å². The number of aromatic nitrogens is 3. The van der Waals surface area contributed by atoms with Crippen LogP contribution in [0.25, 0.3) is 10.7 Å². The van der Waals surface area contributed by atoms with E-state index in [0.29, 0.717) is 18.0 Å². The van der Waals surface area contributed by atoms with E-state index < -0.39 is 0 Å². The van der Waals surface area contributed by atoms with Gasteiger partial charge in [0.1, 0.15) is 11.5 Å². The van der Waals surface area contributed by atoms with Crippen molar-refractivity contribution in [1.29, 1.82) is 0 Å². The number of benzene rings is 1. The van der Waals surface area contributed by atoms with E-state index in [4.69, 9.17) is 14.2 Å². The molecule has 1 fully saturated rings. The van der Waals surface area contributed by atoms with Crippen LogP contribution in [0.4, 0.5) is 0 Å². The van der Waals surface area contributed by atoms with Crippen LogP contribution in [0.15, 0.2) is 40.9 Å². The lowest BCUT2D eigenvalue weighted by Crippen LogP contribution is -2.28. The molecule has 1 aliphatic rings. The van der Waals surface area contributed by atoms with Gasteiger partial charge in [-0.15, -0.1) is 21.5 Å². The van der Waals surface area contributed by atoms with Gasteiger partial charge in [-0.1, -0.05) is 17.8 Å². The Morgan fingerprint density at radius 1 is 1.33 bits per heavy atom. The molecule has 2 aromatic heterocycles. The van der Waals surface area contributed by atoms with E-state index in [9.17, 15) is 4.79 Å². The maximum absolute atomic E-state index is 12.8. The normalized spacial score (nSPS) is 16.5. The average Bonchev–Trinajstić information content (AvgIpc) is 3.60. The minimum atomic E-state index is -0.241. The Kier molecular flexibility index (Phi) is 7.89. The quantitative estimate of drug-likeness (QED) is 0.429. The molecule has 1 amide bonds. The fourth-order valence-corrected chi connectivity index (χ4v) is 5.29. The van der Waals surface area contributed by atoms with Gasteiger partial charge < -0.3 is 19.5 Å². The van der Waals surface area contributed by atoms with Crippen LogP contribution in [0, 0.1) is 0 Å². The van der Waals surface area contributed by atoms with Gasteiger partial charge in [-0.2, -0.15) is 0 Å². The molecule has 0 saturated carbocycles. The van der Waals surface area contributed by atoms with E-state index in [2.05, 4.69) is 20.1 Å². The highest BCUT2D eigenvalue weighted by atomic mass is 32.2. The minimum Gasteiger partial charge on any atom is -0.497 e. The predicted molar refractivity (Wildman–Crippen MR) is 129 cm³/mol. The van der Waals surface area contributed by atoms with Crippen molar-refractivity contribution < 1.29 is 19.0 Å². The largest absolute Gasteiger partial charge is 0.497 e. The van der Waals surface area contributed by atoms with Gasteiger partial charge in [-0.25, -0.2) is 0 Å². The third kappa shape index (κ3) is 5.69. The molecule has 0 radical (unpaired) electrons. The first-order valence-electron chi connectivity index (χ1n) is 10.8. The zero-order valence-corrected chi connectivity index (χ0v) is 20.6. The number of carbonyl (C=O) groups is 1. The topological polar surface area (TPSA) is 87.5 Å². The third-order valence-electron chi connectivity index (χ3n) is 5.48. The SMILES string of the molecule is COc1ccc(OC)c(C(C)NC(=O)CSc2nnc(-c3cccs3)n2CC2CCCO2)c1. The molecule has 1 N–H and O–H groups in total. The molecule has 10 heteroatoms. The number of nitrogens with zero attached hydrogens (tertiary/aromatic N) is 3. The zero-order chi connectivity index (χ0) is 23.2. The summed E-state index contributed by atoms with van der Waals surface area (Å²) in [4.78, 5) is 13.8. The lowest BCUT2D eigenvalue weighted by atomic mass is 10.1. The Morgan fingerprint density at radius 3 is 2.91 bits per heavy atom. The fraction of sp³-hybridized carbons (Fsp3) is 0.435. The molecule has 8 nitrogen and oxygen atoms in total. The molecular weight excluding hydrogens is 460 g/mol. The van der Waals surface area contributed by atoms with Crippen LogP contribution in [0.1, 0.15) is 31.4 Å². The van der Waals surface area contributed by atoms with E-state index >= 15 is 0 Å². The number of amides is 1. The highest BCUT2D eigenvalue weighted by molar-refractivity contribution is 7.99. The summed E-state index contributed by atoms with van der Waals surface area (Å²) in [5.74, 6) is 2.36. The van der Waals surface area contributed by atoms with Crippen LogP contribution in [0.2, 0.25) is 0 Å². The summed E-state index contributed by atoms with van der Waals surface area (Å²) < 4.78 is 18.7. The highest BCUT2D eigenvalue weighted by Gasteiger charge is 2.23. The molecule has 3 aromatic rings. The third-order valence-corrected chi connectivity index (χ3v) is 7.31. The molecule has 4 rings (SSSR count). The van der Waals surface area contributed by atoms with E-state index in [1.165, 1.54) is 11.8 Å². The number of rotatable bonds is 10. The maximum Gasteiger partial charge on any atom is 0.230 e. The molecule has 176 valence electrons. The molecule has 2 unspecified atom stereocenters. The molecule has 3 heterocycles. The second-order valence-electron chi connectivity index (χ2n) is 7.71. The second-order valence-corrected chi connectivity index (χ2v) is 9.61. The lowest BCUT2D eigenvalue weighted by Gasteiger charge is -2.18. The van der Waals surface area contributed by atoms with Gasteiger partial charge in [0, 0.05) is 12.2 Å². The highest BCUT2D eigenvalue weighted by Crippen LogP contribution is 2.31. The smallest absolute Gasteiger partial charge is 0.230 e. The number of hydrogen-bond donors (Lipinski definition) is 1. The van der Waals surface area contributed by atoms with Crippen molar-refractivity contribution in [3.05, 3.63) is 41.3 Å². The van der Waals surface area contributed by atoms with Crippen LogP contribution in [-0.2, 0) is 16.1 Å². The summed E-state index contributed by atoms with van der Waals surface area (Å²) in [6.07, 6.45) is 2.23. The van der Waals surface area contributed by atoms with E-state index in [-0.39, 0.29) is 23.8 Å². The van der Waals surface area contributed by atoms with Crippen molar-refractivity contribution in [2.45, 2.75) is 43.6 Å². The number of methoxy groups -OCH3 is 2. The van der Waals surface area contributed by atoms with Crippen LogP contribution in [0.5, 0.6) is 11.5 Å². The van der Waals surface area contributed by atoms with Crippen molar-refractivity contribution in [2.24, 2.45) is 0 Å². The van der Waals surface area contributed by atoms with Gasteiger partial charge in [-0.05, 0) is 49.4 Å². The predicted octanol–water partition coefficient (Wildman–Crippen LogP) is 4.17. The summed E-state index contributed by atoms with van der Waals surface area (Å²) in [6, 6.07) is 9.34. The lowest BCUT2D eigenvalue weighted by molar-refractivity contribution is -0.119.